The van der Waals surface area contributed by atoms with Crippen LogP contribution in [0.4, 0.5) is 4.79 Å². The maximum atomic E-state index is 12.9. The number of ether oxygens (including phenoxy) is 1. The normalized spacial score (nSPS) is 20.9. The van der Waals surface area contributed by atoms with Gasteiger partial charge in [-0.1, -0.05) is 6.07 Å². The molecule has 2 saturated heterocycles. The van der Waals surface area contributed by atoms with Gasteiger partial charge in [0.05, 0.1) is 23.1 Å². The smallest absolute Gasteiger partial charge is 0.410 e. The van der Waals surface area contributed by atoms with Crippen LogP contribution in [0.1, 0.15) is 24.0 Å². The van der Waals surface area contributed by atoms with E-state index in [4.69, 9.17) is 10.00 Å². The van der Waals surface area contributed by atoms with Crippen molar-refractivity contribution in [3.63, 3.8) is 0 Å². The Morgan fingerprint density at radius 3 is 2.50 bits per heavy atom. The maximum Gasteiger partial charge on any atom is 0.410 e. The lowest BCUT2D eigenvalue weighted by molar-refractivity contribution is 0.0172. The monoisotopic (exact) mass is 349 g/mol. The Bertz CT molecular complexity index is 820. The Balaban J connectivity index is 1.81. The SMILES string of the molecule is Cc1ccc(C#N)cc1S(=O)(=O)N1CCC2(CC1)CN(C)C(=O)O2. The molecule has 0 N–H and O–H groups in total. The van der Waals surface area contributed by atoms with Crippen LogP contribution in [0.3, 0.4) is 0 Å². The van der Waals surface area contributed by atoms with Crippen molar-refractivity contribution in [2.24, 2.45) is 0 Å². The highest BCUT2D eigenvalue weighted by molar-refractivity contribution is 7.89. The Morgan fingerprint density at radius 2 is 1.96 bits per heavy atom. The van der Waals surface area contributed by atoms with Gasteiger partial charge in [0.1, 0.15) is 5.60 Å². The molecule has 3 rings (SSSR count). The number of sulfonamides is 1. The molecule has 0 saturated carbocycles. The van der Waals surface area contributed by atoms with E-state index in [1.54, 1.807) is 26.1 Å². The molecule has 8 heteroatoms. The van der Waals surface area contributed by atoms with Crippen molar-refractivity contribution < 1.29 is 17.9 Å². The zero-order chi connectivity index (χ0) is 17.5. The van der Waals surface area contributed by atoms with E-state index in [-0.39, 0.29) is 11.0 Å². The highest BCUT2D eigenvalue weighted by Gasteiger charge is 2.47. The van der Waals surface area contributed by atoms with Crippen molar-refractivity contribution in [2.75, 3.05) is 26.7 Å². The van der Waals surface area contributed by atoms with Crippen LogP contribution >= 0.6 is 0 Å². The molecular weight excluding hydrogens is 330 g/mol. The second-order valence-electron chi connectivity index (χ2n) is 6.40. The van der Waals surface area contributed by atoms with E-state index in [9.17, 15) is 13.2 Å². The van der Waals surface area contributed by atoms with E-state index >= 15 is 0 Å². The summed E-state index contributed by atoms with van der Waals surface area (Å²) in [5, 5.41) is 9.01. The molecule has 7 nitrogen and oxygen atoms in total. The number of nitriles is 1. The van der Waals surface area contributed by atoms with E-state index in [0.717, 1.165) is 0 Å². The van der Waals surface area contributed by atoms with Gasteiger partial charge >= 0.3 is 6.09 Å². The van der Waals surface area contributed by atoms with Crippen LogP contribution in [0.2, 0.25) is 0 Å². The molecule has 0 aliphatic carbocycles. The molecule has 128 valence electrons. The first-order valence-electron chi connectivity index (χ1n) is 7.72. The molecular formula is C16H19N3O4S. The van der Waals surface area contributed by atoms with Gasteiger partial charge in [0, 0.05) is 33.0 Å². The quantitative estimate of drug-likeness (QED) is 0.806. The summed E-state index contributed by atoms with van der Waals surface area (Å²) in [6.45, 7) is 2.79. The average molecular weight is 349 g/mol. The second-order valence-corrected chi connectivity index (χ2v) is 8.31. The molecule has 1 amide bonds. The van der Waals surface area contributed by atoms with Gasteiger partial charge in [0.15, 0.2) is 0 Å². The molecule has 0 unspecified atom stereocenters. The first kappa shape index (κ1) is 16.7. The molecule has 1 aromatic carbocycles. The van der Waals surface area contributed by atoms with Gasteiger partial charge in [-0.05, 0) is 24.6 Å². The number of hydrogen-bond acceptors (Lipinski definition) is 5. The van der Waals surface area contributed by atoms with Crippen molar-refractivity contribution in [1.29, 1.82) is 5.26 Å². The Labute approximate surface area is 141 Å². The number of piperidine rings is 1. The second kappa shape index (κ2) is 5.76. The average Bonchev–Trinajstić information content (AvgIpc) is 2.82. The molecule has 1 spiro atoms. The minimum absolute atomic E-state index is 0.165. The van der Waals surface area contributed by atoms with E-state index in [1.807, 2.05) is 6.07 Å². The molecule has 2 aliphatic heterocycles. The van der Waals surface area contributed by atoms with Gasteiger partial charge < -0.3 is 9.64 Å². The molecule has 0 radical (unpaired) electrons. The molecule has 1 aromatic rings. The Morgan fingerprint density at radius 1 is 1.29 bits per heavy atom. The number of aryl methyl sites for hydroxylation is 1. The summed E-state index contributed by atoms with van der Waals surface area (Å²) in [7, 11) is -1.99. The number of nitrogens with zero attached hydrogens (tertiary/aromatic N) is 3. The summed E-state index contributed by atoms with van der Waals surface area (Å²) in [6, 6.07) is 6.64. The lowest BCUT2D eigenvalue weighted by Crippen LogP contribution is -2.48. The summed E-state index contributed by atoms with van der Waals surface area (Å²) in [6.07, 6.45) is 0.586. The molecule has 24 heavy (non-hydrogen) atoms. The number of carbonyl (C=O) groups is 1. The van der Waals surface area contributed by atoms with Gasteiger partial charge in [-0.2, -0.15) is 9.57 Å². The molecule has 2 aliphatic rings. The first-order chi connectivity index (χ1) is 11.3. The van der Waals surface area contributed by atoms with Crippen molar-refractivity contribution in [1.82, 2.24) is 9.21 Å². The number of rotatable bonds is 2. The van der Waals surface area contributed by atoms with Gasteiger partial charge in [0.25, 0.3) is 0 Å². The summed E-state index contributed by atoms with van der Waals surface area (Å²) >= 11 is 0. The summed E-state index contributed by atoms with van der Waals surface area (Å²) in [4.78, 5) is 13.3. The van der Waals surface area contributed by atoms with Crippen LogP contribution in [-0.2, 0) is 14.8 Å². The molecule has 0 bridgehead atoms. The van der Waals surface area contributed by atoms with Crippen LogP contribution in [0.5, 0.6) is 0 Å². The third-order valence-corrected chi connectivity index (χ3v) is 6.75. The molecule has 0 aromatic heterocycles. The lowest BCUT2D eigenvalue weighted by Gasteiger charge is -2.36. The lowest BCUT2D eigenvalue weighted by atomic mass is 9.92. The van der Waals surface area contributed by atoms with Gasteiger partial charge in [-0.25, -0.2) is 13.2 Å². The van der Waals surface area contributed by atoms with Crippen molar-refractivity contribution in [3.05, 3.63) is 29.3 Å². The third-order valence-electron chi connectivity index (χ3n) is 4.71. The Hall–Kier alpha value is -2.11. The van der Waals surface area contributed by atoms with E-state index in [2.05, 4.69) is 0 Å². The maximum absolute atomic E-state index is 12.9. The fourth-order valence-electron chi connectivity index (χ4n) is 3.27. The minimum Gasteiger partial charge on any atom is -0.441 e. The summed E-state index contributed by atoms with van der Waals surface area (Å²) in [5.74, 6) is 0. The predicted molar refractivity (Wildman–Crippen MR) is 85.7 cm³/mol. The topological polar surface area (TPSA) is 90.7 Å². The zero-order valence-corrected chi connectivity index (χ0v) is 14.5. The predicted octanol–water partition coefficient (Wildman–Crippen LogP) is 1.47. The van der Waals surface area contributed by atoms with E-state index in [0.29, 0.717) is 43.6 Å². The molecule has 2 fully saturated rings. The van der Waals surface area contributed by atoms with Crippen molar-refractivity contribution in [2.45, 2.75) is 30.3 Å². The largest absolute Gasteiger partial charge is 0.441 e. The van der Waals surface area contributed by atoms with Crippen LogP contribution < -0.4 is 0 Å². The zero-order valence-electron chi connectivity index (χ0n) is 13.7. The number of amides is 1. The van der Waals surface area contributed by atoms with Crippen LogP contribution in [-0.4, -0.2) is 56.0 Å². The van der Waals surface area contributed by atoms with Crippen LogP contribution in [0.15, 0.2) is 23.1 Å². The molecule has 0 atom stereocenters. The number of benzene rings is 1. The molecule has 2 heterocycles. The van der Waals surface area contributed by atoms with E-state index < -0.39 is 15.6 Å². The summed E-state index contributed by atoms with van der Waals surface area (Å²) in [5.41, 5.74) is 0.349. The van der Waals surface area contributed by atoms with Gasteiger partial charge in [0.2, 0.25) is 10.0 Å². The van der Waals surface area contributed by atoms with Crippen LogP contribution in [0.25, 0.3) is 0 Å². The fraction of sp³-hybridized carbons (Fsp3) is 0.500. The highest BCUT2D eigenvalue weighted by Crippen LogP contribution is 2.34. The number of hydrogen-bond donors (Lipinski definition) is 0. The summed E-state index contributed by atoms with van der Waals surface area (Å²) < 4.78 is 32.7. The van der Waals surface area contributed by atoms with E-state index in [1.165, 1.54) is 15.3 Å². The van der Waals surface area contributed by atoms with Crippen molar-refractivity contribution in [3.8, 4) is 6.07 Å². The van der Waals surface area contributed by atoms with Gasteiger partial charge in [-0.15, -0.1) is 0 Å². The Kier molecular flexibility index (Phi) is 4.01. The van der Waals surface area contributed by atoms with Gasteiger partial charge in [-0.3, -0.25) is 0 Å². The third kappa shape index (κ3) is 2.74. The first-order valence-corrected chi connectivity index (χ1v) is 9.16. The van der Waals surface area contributed by atoms with Crippen LogP contribution in [0, 0.1) is 18.3 Å². The fourth-order valence-corrected chi connectivity index (χ4v) is 4.97. The van der Waals surface area contributed by atoms with Crippen molar-refractivity contribution >= 4 is 16.1 Å². The number of carbonyl (C=O) groups excluding carboxylic acids is 1. The minimum atomic E-state index is -3.67. The highest BCUT2D eigenvalue weighted by atomic mass is 32.2. The standard InChI is InChI=1S/C16H19N3O4S/c1-12-3-4-13(10-17)9-14(12)24(21,22)19-7-5-16(6-8-19)11-18(2)15(20)23-16/h3-4,9H,5-8,11H2,1-2H3. The number of likely N-dealkylation sites (N-methyl/N-ethyl adjacent to an activating group) is 1.